The summed E-state index contributed by atoms with van der Waals surface area (Å²) in [4.78, 5) is 26.0. The lowest BCUT2D eigenvalue weighted by Crippen LogP contribution is -2.26. The number of methoxy groups -OCH3 is 1. The first-order valence-electron chi connectivity index (χ1n) is 10.0. The number of hydrazone groups is 1. The molecule has 0 saturated heterocycles. The van der Waals surface area contributed by atoms with E-state index >= 15 is 0 Å². The van der Waals surface area contributed by atoms with Crippen molar-refractivity contribution >= 4 is 52.0 Å². The standard InChI is InChI=1S/C23H23IN6O3/c1-33-19-6-2-5-18(14-19)28-22(31)15-23(32)29-27-16-17-7-8-21(20(24)13-17)30(11-3-9-25)12-4-10-26/h2,5-8,13-14,16H,3-4,11-12,15H2,1H3,(H,28,31)(H,29,32)/b27-16+. The highest BCUT2D eigenvalue weighted by Gasteiger charge is 2.11. The zero-order valence-electron chi connectivity index (χ0n) is 18.0. The molecule has 10 heteroatoms. The molecule has 2 rings (SSSR count). The maximum Gasteiger partial charge on any atom is 0.249 e. The van der Waals surface area contributed by atoms with Crippen molar-refractivity contribution < 1.29 is 14.3 Å². The lowest BCUT2D eigenvalue weighted by molar-refractivity contribution is -0.126. The molecule has 0 fully saturated rings. The first-order chi connectivity index (χ1) is 16.0. The van der Waals surface area contributed by atoms with Gasteiger partial charge in [-0.05, 0) is 52.4 Å². The van der Waals surface area contributed by atoms with Crippen molar-refractivity contribution in [3.63, 3.8) is 0 Å². The van der Waals surface area contributed by atoms with Crippen LogP contribution in [0.15, 0.2) is 47.6 Å². The van der Waals surface area contributed by atoms with Gasteiger partial charge in [-0.25, -0.2) is 5.43 Å². The first-order valence-corrected chi connectivity index (χ1v) is 11.1. The lowest BCUT2D eigenvalue weighted by Gasteiger charge is -2.24. The van der Waals surface area contributed by atoms with Crippen molar-refractivity contribution in [3.05, 3.63) is 51.6 Å². The van der Waals surface area contributed by atoms with Gasteiger partial charge in [0.1, 0.15) is 12.2 Å². The van der Waals surface area contributed by atoms with Gasteiger partial charge in [0.15, 0.2) is 0 Å². The average molecular weight is 558 g/mol. The van der Waals surface area contributed by atoms with Gasteiger partial charge in [-0.15, -0.1) is 0 Å². The number of carbonyl (C=O) groups is 2. The largest absolute Gasteiger partial charge is 0.497 e. The molecule has 2 amide bonds. The van der Waals surface area contributed by atoms with Crippen LogP contribution in [0.25, 0.3) is 0 Å². The van der Waals surface area contributed by atoms with Gasteiger partial charge in [0, 0.05) is 28.4 Å². The molecule has 0 aliphatic heterocycles. The van der Waals surface area contributed by atoms with E-state index in [0.29, 0.717) is 37.4 Å². The second-order valence-corrected chi connectivity index (χ2v) is 7.93. The maximum atomic E-state index is 12.0. The van der Waals surface area contributed by atoms with E-state index in [1.807, 2.05) is 23.1 Å². The molecule has 0 spiro atoms. The zero-order valence-corrected chi connectivity index (χ0v) is 20.2. The fourth-order valence-corrected chi connectivity index (χ4v) is 3.73. The lowest BCUT2D eigenvalue weighted by atomic mass is 10.2. The molecule has 2 N–H and O–H groups in total. The van der Waals surface area contributed by atoms with Gasteiger partial charge in [-0.1, -0.05) is 12.1 Å². The van der Waals surface area contributed by atoms with Crippen LogP contribution < -0.4 is 20.4 Å². The summed E-state index contributed by atoms with van der Waals surface area (Å²) in [5.41, 5.74) is 4.56. The number of ether oxygens (including phenoxy) is 1. The molecule has 0 heterocycles. The number of hydrogen-bond acceptors (Lipinski definition) is 7. The van der Waals surface area contributed by atoms with Gasteiger partial charge in [0.05, 0.1) is 44.0 Å². The number of benzene rings is 2. The Balaban J connectivity index is 1.91. The molecule has 0 bridgehead atoms. The van der Waals surface area contributed by atoms with E-state index in [1.54, 1.807) is 24.3 Å². The summed E-state index contributed by atoms with van der Waals surface area (Å²) in [5, 5.41) is 24.3. The number of carbonyl (C=O) groups excluding carboxylic acids is 2. The third-order valence-corrected chi connectivity index (χ3v) is 5.24. The van der Waals surface area contributed by atoms with Crippen molar-refractivity contribution in [1.82, 2.24) is 5.43 Å². The average Bonchev–Trinajstić information content (AvgIpc) is 2.79. The van der Waals surface area contributed by atoms with E-state index in [1.165, 1.54) is 13.3 Å². The Morgan fingerprint density at radius 2 is 1.85 bits per heavy atom. The van der Waals surface area contributed by atoms with Crippen LogP contribution >= 0.6 is 22.6 Å². The fourth-order valence-electron chi connectivity index (χ4n) is 2.85. The summed E-state index contributed by atoms with van der Waals surface area (Å²) in [6, 6.07) is 16.7. The number of amides is 2. The summed E-state index contributed by atoms with van der Waals surface area (Å²) >= 11 is 2.18. The quantitative estimate of drug-likeness (QED) is 0.188. The molecular formula is C23H23IN6O3. The summed E-state index contributed by atoms with van der Waals surface area (Å²) < 4.78 is 6.02. The normalized spacial score (nSPS) is 10.2. The van der Waals surface area contributed by atoms with E-state index in [9.17, 15) is 9.59 Å². The van der Waals surface area contributed by atoms with E-state index in [0.717, 1.165) is 14.8 Å². The molecule has 0 radical (unpaired) electrons. The predicted molar refractivity (Wildman–Crippen MR) is 134 cm³/mol. The van der Waals surface area contributed by atoms with Gasteiger partial charge in [0.25, 0.3) is 0 Å². The Kier molecular flexibility index (Phi) is 10.6. The second-order valence-electron chi connectivity index (χ2n) is 6.76. The van der Waals surface area contributed by atoms with E-state index in [2.05, 4.69) is 50.6 Å². The molecule has 0 unspecified atom stereocenters. The summed E-state index contributed by atoms with van der Waals surface area (Å²) in [5.74, 6) is -0.414. The van der Waals surface area contributed by atoms with Crippen molar-refractivity contribution in [2.75, 3.05) is 30.4 Å². The fraction of sp³-hybridized carbons (Fsp3) is 0.261. The number of halogens is 1. The summed E-state index contributed by atoms with van der Waals surface area (Å²) in [6.07, 6.45) is 1.83. The number of nitriles is 2. The number of rotatable bonds is 11. The molecule has 0 aliphatic rings. The molecule has 0 atom stereocenters. The number of anilines is 2. The molecule has 0 saturated carbocycles. The highest BCUT2D eigenvalue weighted by Crippen LogP contribution is 2.24. The Bertz CT molecular complexity index is 1070. The molecule has 0 aromatic heterocycles. The smallest absolute Gasteiger partial charge is 0.249 e. The van der Waals surface area contributed by atoms with Crippen LogP contribution in [-0.2, 0) is 9.59 Å². The Hall–Kier alpha value is -3.64. The SMILES string of the molecule is COc1cccc(NC(=O)CC(=O)N/N=C/c2ccc(N(CCC#N)CCC#N)c(I)c2)c1. The molecule has 170 valence electrons. The first kappa shape index (κ1) is 25.6. The van der Waals surface area contributed by atoms with Crippen molar-refractivity contribution in [3.8, 4) is 17.9 Å². The Labute approximate surface area is 206 Å². The number of nitrogens with zero attached hydrogens (tertiary/aromatic N) is 4. The van der Waals surface area contributed by atoms with E-state index < -0.39 is 11.8 Å². The van der Waals surface area contributed by atoms with E-state index in [-0.39, 0.29) is 6.42 Å². The topological polar surface area (TPSA) is 131 Å². The minimum atomic E-state index is -0.544. The molecule has 2 aromatic rings. The highest BCUT2D eigenvalue weighted by molar-refractivity contribution is 14.1. The summed E-state index contributed by atoms with van der Waals surface area (Å²) in [7, 11) is 1.53. The maximum absolute atomic E-state index is 12.0. The predicted octanol–water partition coefficient (Wildman–Crippen LogP) is 3.41. The van der Waals surface area contributed by atoms with Gasteiger partial charge < -0.3 is 15.0 Å². The van der Waals surface area contributed by atoms with Gasteiger partial charge >= 0.3 is 0 Å². The van der Waals surface area contributed by atoms with Crippen LogP contribution in [0.1, 0.15) is 24.8 Å². The monoisotopic (exact) mass is 558 g/mol. The van der Waals surface area contributed by atoms with Gasteiger partial charge in [0.2, 0.25) is 11.8 Å². The highest BCUT2D eigenvalue weighted by atomic mass is 127. The number of nitrogens with one attached hydrogen (secondary N) is 2. The van der Waals surface area contributed by atoms with Crippen molar-refractivity contribution in [2.24, 2.45) is 5.10 Å². The molecular weight excluding hydrogens is 535 g/mol. The van der Waals surface area contributed by atoms with Crippen LogP contribution in [-0.4, -0.2) is 38.2 Å². The molecule has 33 heavy (non-hydrogen) atoms. The number of hydrogen-bond donors (Lipinski definition) is 2. The van der Waals surface area contributed by atoms with Crippen molar-refractivity contribution in [2.45, 2.75) is 19.3 Å². The molecule has 0 aliphatic carbocycles. The van der Waals surface area contributed by atoms with Crippen LogP contribution in [0.5, 0.6) is 5.75 Å². The molecule has 2 aromatic carbocycles. The third-order valence-electron chi connectivity index (χ3n) is 4.38. The second kappa shape index (κ2) is 13.7. The molecule has 9 nitrogen and oxygen atoms in total. The third kappa shape index (κ3) is 8.79. The van der Waals surface area contributed by atoms with Crippen LogP contribution in [0.4, 0.5) is 11.4 Å². The summed E-state index contributed by atoms with van der Waals surface area (Å²) in [6.45, 7) is 1.07. The van der Waals surface area contributed by atoms with Crippen LogP contribution in [0.3, 0.4) is 0 Å². The van der Waals surface area contributed by atoms with Crippen molar-refractivity contribution in [1.29, 1.82) is 10.5 Å². The Morgan fingerprint density at radius 1 is 1.12 bits per heavy atom. The van der Waals surface area contributed by atoms with Gasteiger partial charge in [-0.2, -0.15) is 15.6 Å². The van der Waals surface area contributed by atoms with Crippen LogP contribution in [0, 0.1) is 26.2 Å². The minimum absolute atomic E-state index is 0.363. The van der Waals surface area contributed by atoms with Gasteiger partial charge in [-0.3, -0.25) is 9.59 Å². The van der Waals surface area contributed by atoms with E-state index in [4.69, 9.17) is 15.3 Å². The minimum Gasteiger partial charge on any atom is -0.497 e. The Morgan fingerprint density at radius 3 is 2.48 bits per heavy atom. The zero-order chi connectivity index (χ0) is 24.1. The van der Waals surface area contributed by atoms with Crippen LogP contribution in [0.2, 0.25) is 0 Å².